The van der Waals surface area contributed by atoms with Crippen molar-refractivity contribution in [2.75, 3.05) is 13.2 Å². The van der Waals surface area contributed by atoms with Crippen molar-refractivity contribution in [3.05, 3.63) is 0 Å². The fraction of sp³-hybridized carbons (Fsp3) is 1.00. The molecule has 0 spiro atoms. The van der Waals surface area contributed by atoms with Crippen LogP contribution < -0.4 is 5.73 Å². The van der Waals surface area contributed by atoms with Gasteiger partial charge in [-0.1, -0.05) is 27.7 Å². The second-order valence-electron chi connectivity index (χ2n) is 16.0. The third kappa shape index (κ3) is 5.01. The quantitative estimate of drug-likeness (QED) is 0.261. The molecular formula is C33H57NO8. The van der Waals surface area contributed by atoms with Crippen LogP contribution in [0, 0.1) is 52.3 Å². The number of nitrogens with two attached hydrogens (primary N) is 1. The molecule has 242 valence electrons. The molecule has 7 N–H and O–H groups in total. The molecule has 0 unspecified atom stereocenters. The molecule has 0 bridgehead atoms. The number of fused-ring (bicyclic) bond motifs is 7. The zero-order chi connectivity index (χ0) is 30.2. The van der Waals surface area contributed by atoms with Crippen molar-refractivity contribution in [3.8, 4) is 0 Å². The average molecular weight is 596 g/mol. The van der Waals surface area contributed by atoms with Crippen LogP contribution in [0.25, 0.3) is 0 Å². The van der Waals surface area contributed by atoms with E-state index in [0.29, 0.717) is 36.1 Å². The normalized spacial score (nSPS) is 56.3. The molecule has 0 radical (unpaired) electrons. The highest BCUT2D eigenvalue weighted by Gasteiger charge is 2.68. The lowest BCUT2D eigenvalue weighted by molar-refractivity contribution is -0.303. The molecule has 2 heterocycles. The summed E-state index contributed by atoms with van der Waals surface area (Å²) in [5, 5.41) is 51.6. The first-order valence-corrected chi connectivity index (χ1v) is 16.9. The molecule has 9 nitrogen and oxygen atoms in total. The largest absolute Gasteiger partial charge is 0.394 e. The van der Waals surface area contributed by atoms with Gasteiger partial charge in [-0.25, -0.2) is 0 Å². The summed E-state index contributed by atoms with van der Waals surface area (Å²) in [7, 11) is 0. The van der Waals surface area contributed by atoms with Gasteiger partial charge in [0.25, 0.3) is 0 Å². The van der Waals surface area contributed by atoms with E-state index in [-0.39, 0.29) is 30.0 Å². The van der Waals surface area contributed by atoms with Gasteiger partial charge in [0, 0.05) is 18.4 Å². The molecule has 2 saturated heterocycles. The number of hydrogen-bond donors (Lipinski definition) is 6. The first-order chi connectivity index (χ1) is 19.8. The van der Waals surface area contributed by atoms with Gasteiger partial charge in [-0.3, -0.25) is 0 Å². The third-order valence-electron chi connectivity index (χ3n) is 13.8. The van der Waals surface area contributed by atoms with Gasteiger partial charge in [0.1, 0.15) is 24.4 Å². The van der Waals surface area contributed by atoms with Crippen molar-refractivity contribution >= 4 is 0 Å². The maximum atomic E-state index is 11.8. The highest BCUT2D eigenvalue weighted by Crippen LogP contribution is 2.70. The Morgan fingerprint density at radius 1 is 0.952 bits per heavy atom. The monoisotopic (exact) mass is 595 g/mol. The summed E-state index contributed by atoms with van der Waals surface area (Å²) < 4.78 is 17.9. The van der Waals surface area contributed by atoms with E-state index in [0.717, 1.165) is 24.2 Å². The molecule has 4 aliphatic carbocycles. The molecule has 0 aromatic carbocycles. The van der Waals surface area contributed by atoms with Crippen molar-refractivity contribution < 1.29 is 39.7 Å². The van der Waals surface area contributed by atoms with Gasteiger partial charge in [0.05, 0.1) is 19.3 Å². The van der Waals surface area contributed by atoms with Crippen LogP contribution in [-0.2, 0) is 14.2 Å². The summed E-state index contributed by atoms with van der Waals surface area (Å²) in [6.07, 6.45) is 4.75. The lowest BCUT2D eigenvalue weighted by Gasteiger charge is -2.61. The maximum Gasteiger partial charge on any atom is 0.186 e. The summed E-state index contributed by atoms with van der Waals surface area (Å²) in [5.74, 6) is 2.27. The molecule has 0 aromatic rings. The lowest BCUT2D eigenvalue weighted by atomic mass is 9.44. The van der Waals surface area contributed by atoms with Crippen LogP contribution in [0.15, 0.2) is 0 Å². The highest BCUT2D eigenvalue weighted by atomic mass is 16.7. The third-order valence-corrected chi connectivity index (χ3v) is 13.8. The van der Waals surface area contributed by atoms with Crippen molar-refractivity contribution in [1.29, 1.82) is 0 Å². The second-order valence-corrected chi connectivity index (χ2v) is 16.0. The smallest absolute Gasteiger partial charge is 0.186 e. The number of aliphatic hydroxyl groups excluding tert-OH is 4. The molecule has 2 aliphatic heterocycles. The minimum absolute atomic E-state index is 0.0379. The van der Waals surface area contributed by atoms with Gasteiger partial charge < -0.3 is 45.5 Å². The van der Waals surface area contributed by atoms with Crippen molar-refractivity contribution in [3.63, 3.8) is 0 Å². The minimum Gasteiger partial charge on any atom is -0.394 e. The Kier molecular flexibility index (Phi) is 8.63. The standard InChI is InChI=1S/C33H57NO8/c1-17(16-40-30-29(38)28(37)27(36)25(15-35)41-30)7-12-33(39)18(2)26-24(42-33)14-23-21-6-5-19-13-20(34)8-10-31(19,3)22(21)9-11-32(23,26)4/h17-30,35-39H,5-16,34H2,1-4H3/t17-,18-,19-,20-,21+,22-,23-,24-,25+,26-,27+,28-,29+,30+,31-,32-,33+/m0/s1. The summed E-state index contributed by atoms with van der Waals surface area (Å²) in [6, 6.07) is 0.383. The highest BCUT2D eigenvalue weighted by molar-refractivity contribution is 5.15. The Hall–Kier alpha value is -0.360. The molecule has 9 heteroatoms. The first kappa shape index (κ1) is 31.6. The Morgan fingerprint density at radius 3 is 2.43 bits per heavy atom. The van der Waals surface area contributed by atoms with Crippen molar-refractivity contribution in [2.24, 2.45) is 58.0 Å². The number of rotatable bonds is 7. The van der Waals surface area contributed by atoms with E-state index in [9.17, 15) is 25.5 Å². The zero-order valence-electron chi connectivity index (χ0n) is 26.1. The van der Waals surface area contributed by atoms with E-state index in [2.05, 4.69) is 20.8 Å². The molecule has 6 fully saturated rings. The van der Waals surface area contributed by atoms with Gasteiger partial charge in [-0.15, -0.1) is 0 Å². The first-order valence-electron chi connectivity index (χ1n) is 16.9. The predicted octanol–water partition coefficient (Wildman–Crippen LogP) is 2.54. The van der Waals surface area contributed by atoms with Crippen LogP contribution >= 0.6 is 0 Å². The van der Waals surface area contributed by atoms with Gasteiger partial charge in [-0.05, 0) is 104 Å². The molecule has 6 aliphatic rings. The zero-order valence-corrected chi connectivity index (χ0v) is 26.1. The molecule has 6 rings (SSSR count). The van der Waals surface area contributed by atoms with Crippen LogP contribution in [0.3, 0.4) is 0 Å². The molecule has 42 heavy (non-hydrogen) atoms. The van der Waals surface area contributed by atoms with Crippen LogP contribution in [0.2, 0.25) is 0 Å². The van der Waals surface area contributed by atoms with E-state index < -0.39 is 43.1 Å². The molecular weight excluding hydrogens is 538 g/mol. The SMILES string of the molecule is C[C@@H](CC[C@@]1(O)O[C@H]2C[C@H]3[C@@H]4CC[C@H]5C[C@@H](N)CC[C@]5(C)[C@H]4CC[C@]3(C)[C@H]2[C@@H]1C)CO[C@@H]1O[C@H](CO)[C@@H](O)[C@H](O)[C@H]1O. The van der Waals surface area contributed by atoms with Gasteiger partial charge in [0.2, 0.25) is 0 Å². The minimum atomic E-state index is -1.46. The fourth-order valence-corrected chi connectivity index (χ4v) is 11.3. The molecule has 17 atom stereocenters. The van der Waals surface area contributed by atoms with E-state index >= 15 is 0 Å². The van der Waals surface area contributed by atoms with E-state index in [1.54, 1.807) is 0 Å². The van der Waals surface area contributed by atoms with Crippen LogP contribution in [0.4, 0.5) is 0 Å². The summed E-state index contributed by atoms with van der Waals surface area (Å²) in [5.41, 5.74) is 7.03. The number of ether oxygens (including phenoxy) is 3. The van der Waals surface area contributed by atoms with E-state index in [1.165, 1.54) is 44.9 Å². The Labute approximate surface area is 251 Å². The van der Waals surface area contributed by atoms with Crippen molar-refractivity contribution in [1.82, 2.24) is 0 Å². The Balaban J connectivity index is 1.05. The lowest BCUT2D eigenvalue weighted by Crippen LogP contribution is -2.59. The van der Waals surface area contributed by atoms with Crippen LogP contribution in [-0.4, -0.2) is 87.4 Å². The molecule has 0 aromatic heterocycles. The van der Waals surface area contributed by atoms with Gasteiger partial charge in [-0.2, -0.15) is 0 Å². The number of hydrogen-bond acceptors (Lipinski definition) is 9. The topological polar surface area (TPSA) is 155 Å². The van der Waals surface area contributed by atoms with Crippen molar-refractivity contribution in [2.45, 2.75) is 141 Å². The maximum absolute atomic E-state index is 11.8. The predicted molar refractivity (Wildman–Crippen MR) is 156 cm³/mol. The van der Waals surface area contributed by atoms with Crippen LogP contribution in [0.5, 0.6) is 0 Å². The summed E-state index contributed by atoms with van der Waals surface area (Å²) in [4.78, 5) is 0. The fourth-order valence-electron chi connectivity index (χ4n) is 11.3. The average Bonchev–Trinajstić information content (AvgIpc) is 3.39. The van der Waals surface area contributed by atoms with E-state index in [1.807, 2.05) is 6.92 Å². The second kappa shape index (κ2) is 11.5. The van der Waals surface area contributed by atoms with E-state index in [4.69, 9.17) is 19.9 Å². The Bertz CT molecular complexity index is 968. The summed E-state index contributed by atoms with van der Waals surface area (Å²) in [6.45, 7) is 9.06. The van der Waals surface area contributed by atoms with Crippen LogP contribution in [0.1, 0.15) is 91.9 Å². The summed E-state index contributed by atoms with van der Waals surface area (Å²) >= 11 is 0. The van der Waals surface area contributed by atoms with Gasteiger partial charge >= 0.3 is 0 Å². The Morgan fingerprint density at radius 2 is 1.69 bits per heavy atom. The molecule has 0 amide bonds. The molecule has 4 saturated carbocycles. The number of aliphatic hydroxyl groups is 5. The van der Waals surface area contributed by atoms with Gasteiger partial charge in [0.15, 0.2) is 12.1 Å².